The van der Waals surface area contributed by atoms with Crippen LogP contribution in [0, 0.1) is 51.8 Å². The van der Waals surface area contributed by atoms with Crippen molar-refractivity contribution in [3.8, 4) is 0 Å². The molecule has 0 saturated heterocycles. The fourth-order valence-corrected chi connectivity index (χ4v) is 10.1. The van der Waals surface area contributed by atoms with E-state index in [1.54, 1.807) is 13.8 Å². The second kappa shape index (κ2) is 6.79. The predicted octanol–water partition coefficient (Wildman–Crippen LogP) is 4.34. The van der Waals surface area contributed by atoms with Gasteiger partial charge in [0.1, 0.15) is 5.78 Å². The van der Waals surface area contributed by atoms with Crippen LogP contribution in [0.25, 0.3) is 0 Å². The van der Waals surface area contributed by atoms with Gasteiger partial charge in [0.2, 0.25) is 0 Å². The molecule has 176 valence electrons. The predicted molar refractivity (Wildman–Crippen MR) is 120 cm³/mol. The lowest BCUT2D eigenvalue weighted by molar-refractivity contribution is -0.153. The number of fused-ring (bicyclic) bond motifs is 4. The van der Waals surface area contributed by atoms with E-state index < -0.39 is 17.8 Å². The maximum atomic E-state index is 13.4. The molecule has 0 unspecified atom stereocenters. The minimum atomic E-state index is -0.990. The Morgan fingerprint density at radius 2 is 1.77 bits per heavy atom. The van der Waals surface area contributed by atoms with Gasteiger partial charge in [0.25, 0.3) is 0 Å². The fourth-order valence-electron chi connectivity index (χ4n) is 10.1. The van der Waals surface area contributed by atoms with E-state index in [1.807, 2.05) is 0 Å². The van der Waals surface area contributed by atoms with Crippen molar-refractivity contribution in [1.29, 1.82) is 0 Å². The van der Waals surface area contributed by atoms with E-state index in [0.29, 0.717) is 35.4 Å². The topological polar surface area (TPSA) is 77.8 Å². The molecule has 3 N–H and O–H groups in total. The molecule has 5 aliphatic rings. The Bertz CT molecular complexity index is 757. The monoisotopic (exact) mass is 432 g/mol. The van der Waals surface area contributed by atoms with Gasteiger partial charge in [-0.3, -0.25) is 4.79 Å². The fraction of sp³-hybridized carbons (Fsp3) is 0.963. The van der Waals surface area contributed by atoms with Crippen LogP contribution in [0.3, 0.4) is 0 Å². The van der Waals surface area contributed by atoms with E-state index in [0.717, 1.165) is 19.3 Å². The van der Waals surface area contributed by atoms with Crippen LogP contribution in [0.5, 0.6) is 0 Å². The first-order valence-electron chi connectivity index (χ1n) is 13.0. The van der Waals surface area contributed by atoms with E-state index in [2.05, 4.69) is 20.8 Å². The molecule has 0 aromatic carbocycles. The van der Waals surface area contributed by atoms with Gasteiger partial charge in [-0.1, -0.05) is 20.8 Å². The summed E-state index contributed by atoms with van der Waals surface area (Å²) in [7, 11) is 0. The first-order valence-corrected chi connectivity index (χ1v) is 13.0. The normalized spacial score (nSPS) is 51.4. The van der Waals surface area contributed by atoms with Gasteiger partial charge in [-0.2, -0.15) is 0 Å². The van der Waals surface area contributed by atoms with Crippen LogP contribution >= 0.6 is 0 Å². The third-order valence-corrected chi connectivity index (χ3v) is 11.7. The van der Waals surface area contributed by atoms with Gasteiger partial charge in [-0.15, -0.1) is 0 Å². The highest BCUT2D eigenvalue weighted by Crippen LogP contribution is 2.80. The first kappa shape index (κ1) is 22.3. The molecule has 31 heavy (non-hydrogen) atoms. The summed E-state index contributed by atoms with van der Waals surface area (Å²) in [6.45, 7) is 10.3. The van der Waals surface area contributed by atoms with Gasteiger partial charge >= 0.3 is 0 Å². The zero-order valence-electron chi connectivity index (χ0n) is 20.2. The van der Waals surface area contributed by atoms with Crippen molar-refractivity contribution in [2.45, 2.75) is 110 Å². The summed E-state index contributed by atoms with van der Waals surface area (Å²) in [5, 5.41) is 31.7. The molecule has 5 saturated carbocycles. The van der Waals surface area contributed by atoms with Crippen LogP contribution in [0.1, 0.15) is 92.4 Å². The number of Topliss-reactive ketones (excluding diaryl/α,β-unsaturated/α-hetero) is 1. The zero-order valence-corrected chi connectivity index (χ0v) is 20.2. The van der Waals surface area contributed by atoms with E-state index in [1.165, 1.54) is 32.1 Å². The van der Waals surface area contributed by atoms with Crippen LogP contribution < -0.4 is 0 Å². The SMILES string of the molecule is C[C@H]([C@@H](O)[C@@H](O)CC(C)(C)O)[C@H]1CC[C@H]2[C@@H]3CC(=O)[C@]45C[C@H]4CC[C@]5(C)[C@H]3CC[C@]12C. The van der Waals surface area contributed by atoms with Crippen molar-refractivity contribution < 1.29 is 20.1 Å². The summed E-state index contributed by atoms with van der Waals surface area (Å²) in [5.41, 5.74) is -0.579. The van der Waals surface area contributed by atoms with Crippen molar-refractivity contribution in [3.05, 3.63) is 0 Å². The molecular weight excluding hydrogens is 388 g/mol. The maximum absolute atomic E-state index is 13.4. The van der Waals surface area contributed by atoms with Gasteiger partial charge in [-0.05, 0) is 105 Å². The Hall–Kier alpha value is -0.450. The number of rotatable bonds is 5. The molecule has 0 aromatic rings. The Morgan fingerprint density at radius 1 is 1.06 bits per heavy atom. The number of aliphatic hydroxyl groups excluding tert-OH is 2. The zero-order chi connectivity index (χ0) is 22.6. The minimum Gasteiger partial charge on any atom is -0.390 e. The van der Waals surface area contributed by atoms with Crippen molar-refractivity contribution in [2.24, 2.45) is 51.8 Å². The molecule has 0 heterocycles. The van der Waals surface area contributed by atoms with Gasteiger partial charge in [0.05, 0.1) is 17.8 Å². The lowest BCUT2D eigenvalue weighted by Gasteiger charge is -2.58. The molecule has 5 aliphatic carbocycles. The standard InChI is InChI=1S/C27H44O4/c1-15(23(30)21(28)14-24(2,3)31)18-6-7-19-17-12-22(29)27-13-16(27)8-11-26(27,5)20(17)9-10-25(18,19)4/h15-21,23,28,30-31H,6-14H2,1-5H3/t15-,16+,17-,18+,19-,20-,21-,23+,25+,26+,27-/m0/s1. The Balaban J connectivity index is 1.36. The largest absolute Gasteiger partial charge is 0.390 e. The number of hydrogen-bond acceptors (Lipinski definition) is 4. The molecule has 1 spiro atoms. The third-order valence-electron chi connectivity index (χ3n) is 11.7. The second-order valence-electron chi connectivity index (χ2n) is 13.5. The molecule has 0 bridgehead atoms. The van der Waals surface area contributed by atoms with Crippen LogP contribution in [-0.2, 0) is 4.79 Å². The Kier molecular flexibility index (Phi) is 4.90. The van der Waals surface area contributed by atoms with E-state index in [9.17, 15) is 20.1 Å². The molecule has 0 aromatic heterocycles. The average molecular weight is 433 g/mol. The van der Waals surface area contributed by atoms with Crippen LogP contribution in [0.2, 0.25) is 0 Å². The Labute approximate surface area is 188 Å². The quantitative estimate of drug-likeness (QED) is 0.604. The highest BCUT2D eigenvalue weighted by Gasteiger charge is 2.77. The summed E-state index contributed by atoms with van der Waals surface area (Å²) >= 11 is 0. The maximum Gasteiger partial charge on any atom is 0.140 e. The summed E-state index contributed by atoms with van der Waals surface area (Å²) in [6, 6.07) is 0. The van der Waals surface area contributed by atoms with E-state index in [-0.39, 0.29) is 28.6 Å². The number of hydrogen-bond donors (Lipinski definition) is 3. The van der Waals surface area contributed by atoms with Crippen molar-refractivity contribution >= 4 is 5.78 Å². The van der Waals surface area contributed by atoms with Gasteiger partial charge in [0.15, 0.2) is 0 Å². The average Bonchev–Trinajstić information content (AvgIpc) is 3.20. The van der Waals surface area contributed by atoms with Crippen molar-refractivity contribution in [1.82, 2.24) is 0 Å². The van der Waals surface area contributed by atoms with E-state index in [4.69, 9.17) is 0 Å². The van der Waals surface area contributed by atoms with Crippen LogP contribution in [0.4, 0.5) is 0 Å². The molecule has 4 heteroatoms. The molecule has 0 aliphatic heterocycles. The first-order chi connectivity index (χ1) is 14.3. The summed E-state index contributed by atoms with van der Waals surface area (Å²) in [5.74, 6) is 3.38. The third kappa shape index (κ3) is 2.93. The lowest BCUT2D eigenvalue weighted by atomic mass is 9.45. The number of carbonyl (C=O) groups is 1. The van der Waals surface area contributed by atoms with Crippen LogP contribution in [0.15, 0.2) is 0 Å². The van der Waals surface area contributed by atoms with Gasteiger partial charge < -0.3 is 15.3 Å². The molecule has 4 nitrogen and oxygen atoms in total. The summed E-state index contributed by atoms with van der Waals surface area (Å²) < 4.78 is 0. The van der Waals surface area contributed by atoms with Gasteiger partial charge in [-0.25, -0.2) is 0 Å². The number of aliphatic hydroxyl groups is 3. The molecule has 5 fully saturated rings. The molecule has 0 amide bonds. The molecule has 5 rings (SSSR count). The number of ketones is 1. The number of carbonyl (C=O) groups excluding carboxylic acids is 1. The highest BCUT2D eigenvalue weighted by atomic mass is 16.3. The summed E-state index contributed by atoms with van der Waals surface area (Å²) in [6.07, 6.45) is 7.57. The van der Waals surface area contributed by atoms with Crippen LogP contribution in [-0.4, -0.2) is 38.9 Å². The van der Waals surface area contributed by atoms with Crippen molar-refractivity contribution in [3.63, 3.8) is 0 Å². The minimum absolute atomic E-state index is 0.00980. The molecule has 11 atom stereocenters. The smallest absolute Gasteiger partial charge is 0.140 e. The van der Waals surface area contributed by atoms with E-state index >= 15 is 0 Å². The molecule has 0 radical (unpaired) electrons. The Morgan fingerprint density at radius 3 is 2.42 bits per heavy atom. The highest BCUT2D eigenvalue weighted by molar-refractivity contribution is 5.91. The second-order valence-corrected chi connectivity index (χ2v) is 13.5. The lowest BCUT2D eigenvalue weighted by Crippen LogP contribution is -2.55. The summed E-state index contributed by atoms with van der Waals surface area (Å²) in [4.78, 5) is 13.4. The van der Waals surface area contributed by atoms with Gasteiger partial charge in [0, 0.05) is 18.3 Å². The van der Waals surface area contributed by atoms with Crippen molar-refractivity contribution in [2.75, 3.05) is 0 Å². The molecular formula is C27H44O4.